The summed E-state index contributed by atoms with van der Waals surface area (Å²) in [5.74, 6) is -1.83. The number of aliphatic carboxylic acids is 1. The Hall–Kier alpha value is -1.47. The van der Waals surface area contributed by atoms with Crippen LogP contribution in [0.25, 0.3) is 0 Å². The minimum Gasteiger partial charge on any atom is -0.481 e. The van der Waals surface area contributed by atoms with Crippen LogP contribution in [-0.4, -0.2) is 47.1 Å². The van der Waals surface area contributed by atoms with E-state index in [1.807, 2.05) is 0 Å². The zero-order chi connectivity index (χ0) is 13.1. The molecule has 2 atom stereocenters. The summed E-state index contributed by atoms with van der Waals surface area (Å²) in [5.41, 5.74) is 0. The molecule has 1 aromatic rings. The van der Waals surface area contributed by atoms with Gasteiger partial charge in [0.15, 0.2) is 0 Å². The number of carbonyl (C=O) groups excluding carboxylic acids is 1. The lowest BCUT2D eigenvalue weighted by atomic mass is 10.0. The van der Waals surface area contributed by atoms with Crippen molar-refractivity contribution in [1.82, 2.24) is 9.88 Å². The van der Waals surface area contributed by atoms with E-state index in [0.717, 1.165) is 0 Å². The summed E-state index contributed by atoms with van der Waals surface area (Å²) in [6.07, 6.45) is 1.65. The molecule has 0 bridgehead atoms. The van der Waals surface area contributed by atoms with Gasteiger partial charge in [0.05, 0.1) is 18.6 Å². The molecule has 0 aromatic carbocycles. The fraction of sp³-hybridized carbons (Fsp3) is 0.545. The summed E-state index contributed by atoms with van der Waals surface area (Å²) in [5, 5.41) is 11.7. The van der Waals surface area contributed by atoms with Gasteiger partial charge in [0, 0.05) is 31.7 Å². The lowest BCUT2D eigenvalue weighted by molar-refractivity contribution is -0.142. The Labute approximate surface area is 108 Å². The highest BCUT2D eigenvalue weighted by Crippen LogP contribution is 2.38. The number of ether oxygens (including phenoxy) is 1. The first kappa shape index (κ1) is 13.0. The van der Waals surface area contributed by atoms with Gasteiger partial charge in [0.2, 0.25) is 5.91 Å². The highest BCUT2D eigenvalue weighted by Gasteiger charge is 2.45. The molecule has 7 heteroatoms. The van der Waals surface area contributed by atoms with E-state index in [2.05, 4.69) is 4.98 Å². The van der Waals surface area contributed by atoms with Crippen LogP contribution in [-0.2, 0) is 14.3 Å². The molecule has 2 heterocycles. The maximum Gasteiger partial charge on any atom is 0.309 e. The van der Waals surface area contributed by atoms with Crippen LogP contribution in [0.15, 0.2) is 11.6 Å². The van der Waals surface area contributed by atoms with Crippen LogP contribution in [0.1, 0.15) is 17.5 Å². The molecular formula is C11H14N2O4S. The second-order valence-electron chi connectivity index (χ2n) is 4.04. The van der Waals surface area contributed by atoms with Crippen molar-refractivity contribution in [1.29, 1.82) is 0 Å². The molecule has 1 aromatic heterocycles. The summed E-state index contributed by atoms with van der Waals surface area (Å²) in [6, 6.07) is -0.467. The second-order valence-corrected chi connectivity index (χ2v) is 4.97. The van der Waals surface area contributed by atoms with E-state index in [4.69, 9.17) is 4.74 Å². The van der Waals surface area contributed by atoms with Gasteiger partial charge < -0.3 is 14.7 Å². The molecule has 0 spiro atoms. The van der Waals surface area contributed by atoms with Crippen molar-refractivity contribution >= 4 is 23.2 Å². The Morgan fingerprint density at radius 2 is 2.50 bits per heavy atom. The number of methoxy groups -OCH3 is 1. The number of aromatic nitrogens is 1. The van der Waals surface area contributed by atoms with E-state index in [0.29, 0.717) is 18.2 Å². The smallest absolute Gasteiger partial charge is 0.309 e. The fourth-order valence-electron chi connectivity index (χ4n) is 2.15. The Morgan fingerprint density at radius 3 is 3.06 bits per heavy atom. The number of hydrogen-bond donors (Lipinski definition) is 1. The third-order valence-electron chi connectivity index (χ3n) is 2.99. The Balaban J connectivity index is 2.26. The number of amides is 1. The summed E-state index contributed by atoms with van der Waals surface area (Å²) in [7, 11) is 1.55. The highest BCUT2D eigenvalue weighted by atomic mass is 32.1. The van der Waals surface area contributed by atoms with Crippen molar-refractivity contribution in [3.8, 4) is 0 Å². The molecule has 1 fully saturated rings. The molecule has 2 unspecified atom stereocenters. The monoisotopic (exact) mass is 270 g/mol. The Bertz CT molecular complexity index is 434. The topological polar surface area (TPSA) is 79.7 Å². The number of carboxylic acid groups (broad SMARTS) is 1. The third-order valence-corrected chi connectivity index (χ3v) is 3.84. The van der Waals surface area contributed by atoms with Crippen molar-refractivity contribution in [3.63, 3.8) is 0 Å². The average Bonchev–Trinajstić information content (AvgIpc) is 2.93. The highest BCUT2D eigenvalue weighted by molar-refractivity contribution is 7.09. The first-order chi connectivity index (χ1) is 8.65. The molecule has 1 aliphatic heterocycles. The van der Waals surface area contributed by atoms with E-state index in [9.17, 15) is 14.7 Å². The van der Waals surface area contributed by atoms with Gasteiger partial charge in [-0.15, -0.1) is 11.3 Å². The molecule has 0 saturated carbocycles. The van der Waals surface area contributed by atoms with Crippen LogP contribution < -0.4 is 0 Å². The van der Waals surface area contributed by atoms with Gasteiger partial charge in [-0.1, -0.05) is 0 Å². The van der Waals surface area contributed by atoms with Gasteiger partial charge in [-0.05, 0) is 0 Å². The van der Waals surface area contributed by atoms with Gasteiger partial charge in [0.1, 0.15) is 5.01 Å². The van der Waals surface area contributed by atoms with Crippen LogP contribution in [0, 0.1) is 5.92 Å². The van der Waals surface area contributed by atoms with Crippen molar-refractivity contribution in [3.05, 3.63) is 16.6 Å². The van der Waals surface area contributed by atoms with Crippen molar-refractivity contribution in [2.75, 3.05) is 20.3 Å². The van der Waals surface area contributed by atoms with Gasteiger partial charge in [-0.25, -0.2) is 4.98 Å². The lowest BCUT2D eigenvalue weighted by Crippen LogP contribution is -2.33. The average molecular weight is 270 g/mol. The van der Waals surface area contributed by atoms with Crippen molar-refractivity contribution in [2.24, 2.45) is 5.92 Å². The van der Waals surface area contributed by atoms with Gasteiger partial charge in [-0.2, -0.15) is 0 Å². The zero-order valence-electron chi connectivity index (χ0n) is 9.91. The van der Waals surface area contributed by atoms with Crippen LogP contribution in [0.2, 0.25) is 0 Å². The Kier molecular flexibility index (Phi) is 3.93. The maximum absolute atomic E-state index is 11.9. The molecule has 1 aliphatic rings. The number of hydrogen-bond acceptors (Lipinski definition) is 5. The largest absolute Gasteiger partial charge is 0.481 e. The van der Waals surface area contributed by atoms with Gasteiger partial charge in [-0.3, -0.25) is 9.59 Å². The van der Waals surface area contributed by atoms with Crippen LogP contribution in [0.5, 0.6) is 0 Å². The molecule has 18 heavy (non-hydrogen) atoms. The fourth-order valence-corrected chi connectivity index (χ4v) is 2.96. The SMILES string of the molecule is COCCN1C(=O)CC(C(=O)O)C1c1nccs1. The minimum atomic E-state index is -0.955. The summed E-state index contributed by atoms with van der Waals surface area (Å²) < 4.78 is 4.96. The molecular weight excluding hydrogens is 256 g/mol. The third kappa shape index (κ3) is 2.37. The lowest BCUT2D eigenvalue weighted by Gasteiger charge is -2.24. The Morgan fingerprint density at radius 1 is 1.72 bits per heavy atom. The van der Waals surface area contributed by atoms with E-state index >= 15 is 0 Å². The molecule has 1 saturated heterocycles. The first-order valence-electron chi connectivity index (χ1n) is 5.55. The number of nitrogens with zero attached hydrogens (tertiary/aromatic N) is 2. The maximum atomic E-state index is 11.9. The van der Waals surface area contributed by atoms with Crippen LogP contribution >= 0.6 is 11.3 Å². The number of carbonyl (C=O) groups is 2. The molecule has 2 rings (SSSR count). The van der Waals surface area contributed by atoms with Crippen molar-refractivity contribution < 1.29 is 19.4 Å². The summed E-state index contributed by atoms with van der Waals surface area (Å²) in [4.78, 5) is 28.8. The van der Waals surface area contributed by atoms with E-state index in [1.165, 1.54) is 11.3 Å². The number of likely N-dealkylation sites (tertiary alicyclic amines) is 1. The summed E-state index contributed by atoms with van der Waals surface area (Å²) in [6.45, 7) is 0.781. The van der Waals surface area contributed by atoms with E-state index < -0.39 is 17.9 Å². The van der Waals surface area contributed by atoms with Crippen LogP contribution in [0.3, 0.4) is 0 Å². The number of rotatable bonds is 5. The molecule has 6 nitrogen and oxygen atoms in total. The summed E-state index contributed by atoms with van der Waals surface area (Å²) >= 11 is 1.37. The zero-order valence-corrected chi connectivity index (χ0v) is 10.7. The molecule has 1 amide bonds. The second kappa shape index (κ2) is 5.45. The molecule has 1 N–H and O–H groups in total. The minimum absolute atomic E-state index is 0.0310. The molecule has 98 valence electrons. The van der Waals surface area contributed by atoms with Gasteiger partial charge in [0.25, 0.3) is 0 Å². The first-order valence-corrected chi connectivity index (χ1v) is 6.43. The predicted octanol–water partition coefficient (Wildman–Crippen LogP) is 0.764. The molecule has 0 aliphatic carbocycles. The standard InChI is InChI=1S/C11H14N2O4S/c1-17-4-3-13-8(14)6-7(11(15)16)9(13)10-12-2-5-18-10/h2,5,7,9H,3-4,6H2,1H3,(H,15,16). The number of carboxylic acids is 1. The van der Waals surface area contributed by atoms with E-state index in [1.54, 1.807) is 23.6 Å². The normalized spacial score (nSPS) is 23.6. The van der Waals surface area contributed by atoms with E-state index in [-0.39, 0.29) is 12.3 Å². The quantitative estimate of drug-likeness (QED) is 0.854. The van der Waals surface area contributed by atoms with Crippen molar-refractivity contribution in [2.45, 2.75) is 12.5 Å². The predicted molar refractivity (Wildman–Crippen MR) is 64.2 cm³/mol. The van der Waals surface area contributed by atoms with Crippen LogP contribution in [0.4, 0.5) is 0 Å². The molecule has 0 radical (unpaired) electrons. The van der Waals surface area contributed by atoms with Gasteiger partial charge >= 0.3 is 5.97 Å². The number of thiazole rings is 1.